The third-order valence-corrected chi connectivity index (χ3v) is 5.18. The summed E-state index contributed by atoms with van der Waals surface area (Å²) in [5, 5.41) is 12.2. The lowest BCUT2D eigenvalue weighted by Crippen LogP contribution is -2.36. The standard InChI is InChI=1S/C19H21BrFIN2O3/c1-11-8-12(22)4-5-16(11)23-17-10-15(21)14(20)9-13(17)18(26)24-27-19(2,3)6-7-25/h4-5,8-10,23,25H,6-7H2,1-3H3,(H,24,26). The molecule has 5 nitrogen and oxygen atoms in total. The van der Waals surface area contributed by atoms with Crippen molar-refractivity contribution in [2.24, 2.45) is 0 Å². The van der Waals surface area contributed by atoms with Crippen molar-refractivity contribution in [3.8, 4) is 0 Å². The summed E-state index contributed by atoms with van der Waals surface area (Å²) in [6.07, 6.45) is 0.355. The predicted octanol–water partition coefficient (Wildman–Crippen LogP) is 5.07. The van der Waals surface area contributed by atoms with Crippen molar-refractivity contribution >= 4 is 55.8 Å². The van der Waals surface area contributed by atoms with Crippen LogP contribution in [0.1, 0.15) is 36.2 Å². The molecule has 0 bridgehead atoms. The molecule has 0 aliphatic rings. The van der Waals surface area contributed by atoms with Gasteiger partial charge in [-0.05, 0) is 95.2 Å². The van der Waals surface area contributed by atoms with E-state index in [4.69, 9.17) is 9.94 Å². The minimum atomic E-state index is -0.734. The van der Waals surface area contributed by atoms with E-state index in [0.717, 1.165) is 14.8 Å². The summed E-state index contributed by atoms with van der Waals surface area (Å²) >= 11 is 5.33. The largest absolute Gasteiger partial charge is 0.396 e. The molecule has 0 saturated carbocycles. The Hall–Kier alpha value is -1.23. The summed E-state index contributed by atoms with van der Waals surface area (Å²) < 4.78 is 15.3. The van der Waals surface area contributed by atoms with E-state index in [-0.39, 0.29) is 16.6 Å². The van der Waals surface area contributed by atoms with Gasteiger partial charge in [-0.15, -0.1) is 0 Å². The topological polar surface area (TPSA) is 70.6 Å². The molecule has 146 valence electrons. The quantitative estimate of drug-likeness (QED) is 0.332. The average Bonchev–Trinajstić information content (AvgIpc) is 2.58. The van der Waals surface area contributed by atoms with Crippen LogP contribution < -0.4 is 10.8 Å². The number of amides is 1. The first kappa shape index (κ1) is 22.1. The first-order valence-corrected chi connectivity index (χ1v) is 10.1. The molecule has 0 aromatic heterocycles. The van der Waals surface area contributed by atoms with Crippen LogP contribution in [0.4, 0.5) is 15.8 Å². The molecular formula is C19H21BrFIN2O3. The van der Waals surface area contributed by atoms with Crippen molar-refractivity contribution in [3.05, 3.63) is 55.3 Å². The van der Waals surface area contributed by atoms with Gasteiger partial charge in [0.2, 0.25) is 0 Å². The second-order valence-electron chi connectivity index (χ2n) is 6.66. The highest BCUT2D eigenvalue weighted by atomic mass is 127. The summed E-state index contributed by atoms with van der Waals surface area (Å²) in [6.45, 7) is 5.36. The van der Waals surface area contributed by atoms with E-state index in [1.807, 2.05) is 25.1 Å². The lowest BCUT2D eigenvalue weighted by molar-refractivity contribution is -0.0805. The van der Waals surface area contributed by atoms with Crippen LogP contribution in [0.5, 0.6) is 0 Å². The number of anilines is 2. The molecule has 0 radical (unpaired) electrons. The number of rotatable bonds is 7. The van der Waals surface area contributed by atoms with Crippen LogP contribution >= 0.6 is 38.5 Å². The molecule has 0 saturated heterocycles. The van der Waals surface area contributed by atoms with Gasteiger partial charge in [0.15, 0.2) is 0 Å². The Morgan fingerprint density at radius 2 is 2.00 bits per heavy atom. The fraction of sp³-hybridized carbons (Fsp3) is 0.316. The third kappa shape index (κ3) is 6.13. The molecule has 2 aromatic rings. The minimum absolute atomic E-state index is 0.0656. The first-order chi connectivity index (χ1) is 12.6. The number of hydrogen-bond acceptors (Lipinski definition) is 4. The number of aryl methyl sites for hydroxylation is 1. The maximum atomic E-state index is 14.1. The highest BCUT2D eigenvalue weighted by Crippen LogP contribution is 2.29. The van der Waals surface area contributed by atoms with Gasteiger partial charge in [0.05, 0.1) is 21.3 Å². The zero-order valence-corrected chi connectivity index (χ0v) is 18.9. The third-order valence-electron chi connectivity index (χ3n) is 3.90. The number of carbonyl (C=O) groups is 1. The summed E-state index contributed by atoms with van der Waals surface area (Å²) in [6, 6.07) is 8.44. The molecule has 3 N–H and O–H groups in total. The normalized spacial score (nSPS) is 11.4. The van der Waals surface area contributed by atoms with Gasteiger partial charge in [-0.3, -0.25) is 9.63 Å². The molecule has 1 amide bonds. The van der Waals surface area contributed by atoms with Gasteiger partial charge < -0.3 is 10.4 Å². The Balaban J connectivity index is 2.30. The summed E-state index contributed by atoms with van der Waals surface area (Å²) in [4.78, 5) is 18.0. The van der Waals surface area contributed by atoms with E-state index in [9.17, 15) is 9.18 Å². The van der Waals surface area contributed by atoms with Gasteiger partial charge in [-0.2, -0.15) is 0 Å². The van der Waals surface area contributed by atoms with Crippen LogP contribution in [0.2, 0.25) is 0 Å². The molecule has 0 atom stereocenters. The zero-order valence-electron chi connectivity index (χ0n) is 15.2. The Kier molecular flexibility index (Phi) is 7.61. The van der Waals surface area contributed by atoms with Crippen molar-refractivity contribution in [2.75, 3.05) is 11.9 Å². The van der Waals surface area contributed by atoms with Crippen molar-refractivity contribution in [2.45, 2.75) is 32.8 Å². The van der Waals surface area contributed by atoms with Crippen LogP contribution in [0.15, 0.2) is 34.8 Å². The zero-order chi connectivity index (χ0) is 20.2. The molecule has 0 aliphatic carbocycles. The average molecular weight is 551 g/mol. The van der Waals surface area contributed by atoms with Crippen LogP contribution in [-0.2, 0) is 4.84 Å². The summed E-state index contributed by atoms with van der Waals surface area (Å²) in [7, 11) is 0. The van der Waals surface area contributed by atoms with Gasteiger partial charge in [-0.1, -0.05) is 0 Å². The lowest BCUT2D eigenvalue weighted by atomic mass is 10.1. The van der Waals surface area contributed by atoms with E-state index in [1.54, 1.807) is 13.8 Å². The van der Waals surface area contributed by atoms with Crippen LogP contribution in [0.3, 0.4) is 0 Å². The molecule has 0 fully saturated rings. The molecule has 2 rings (SSSR count). The van der Waals surface area contributed by atoms with Crippen molar-refractivity contribution < 1.29 is 19.1 Å². The number of hydrogen-bond donors (Lipinski definition) is 3. The first-order valence-electron chi connectivity index (χ1n) is 8.24. The number of benzene rings is 2. The Bertz CT molecular complexity index is 846. The number of hydroxylamine groups is 1. The molecule has 0 heterocycles. The van der Waals surface area contributed by atoms with Gasteiger partial charge in [-0.25, -0.2) is 9.87 Å². The number of halogens is 3. The highest BCUT2D eigenvalue weighted by molar-refractivity contribution is 14.1. The smallest absolute Gasteiger partial charge is 0.277 e. The number of nitrogens with one attached hydrogen (secondary N) is 2. The Labute approximate surface area is 179 Å². The summed E-state index contributed by atoms with van der Waals surface area (Å²) in [5.74, 6) is -1.01. The van der Waals surface area contributed by atoms with Crippen LogP contribution in [-0.4, -0.2) is 23.2 Å². The van der Waals surface area contributed by atoms with E-state index in [1.165, 1.54) is 12.1 Å². The van der Waals surface area contributed by atoms with Gasteiger partial charge >= 0.3 is 0 Å². The lowest BCUT2D eigenvalue weighted by Gasteiger charge is -2.24. The van der Waals surface area contributed by atoms with E-state index >= 15 is 0 Å². The molecule has 27 heavy (non-hydrogen) atoms. The monoisotopic (exact) mass is 550 g/mol. The van der Waals surface area contributed by atoms with E-state index in [0.29, 0.717) is 12.1 Å². The Morgan fingerprint density at radius 1 is 1.30 bits per heavy atom. The second kappa shape index (κ2) is 9.31. The predicted molar refractivity (Wildman–Crippen MR) is 116 cm³/mol. The molecular weight excluding hydrogens is 530 g/mol. The molecule has 0 unspecified atom stereocenters. The van der Waals surface area contributed by atoms with E-state index < -0.39 is 17.3 Å². The SMILES string of the molecule is Cc1cc(I)ccc1Nc1cc(F)c(Br)cc1C(=O)NOC(C)(C)CCO. The van der Waals surface area contributed by atoms with Gasteiger partial charge in [0.1, 0.15) is 5.82 Å². The second-order valence-corrected chi connectivity index (χ2v) is 8.76. The minimum Gasteiger partial charge on any atom is -0.396 e. The molecule has 0 aliphatic heterocycles. The van der Waals surface area contributed by atoms with Crippen molar-refractivity contribution in [1.82, 2.24) is 5.48 Å². The number of carbonyl (C=O) groups excluding carboxylic acids is 1. The molecule has 2 aromatic carbocycles. The van der Waals surface area contributed by atoms with Gasteiger partial charge in [0, 0.05) is 22.3 Å². The maximum Gasteiger partial charge on any atom is 0.277 e. The fourth-order valence-corrected chi connectivity index (χ4v) is 3.30. The summed E-state index contributed by atoms with van der Waals surface area (Å²) in [5.41, 5.74) is 3.94. The highest BCUT2D eigenvalue weighted by Gasteiger charge is 2.22. The number of aliphatic hydroxyl groups excluding tert-OH is 1. The fourth-order valence-electron chi connectivity index (χ4n) is 2.31. The van der Waals surface area contributed by atoms with Gasteiger partial charge in [0.25, 0.3) is 5.91 Å². The van der Waals surface area contributed by atoms with Crippen LogP contribution in [0, 0.1) is 16.3 Å². The Morgan fingerprint density at radius 3 is 2.63 bits per heavy atom. The number of aliphatic hydroxyl groups is 1. The van der Waals surface area contributed by atoms with Crippen molar-refractivity contribution in [1.29, 1.82) is 0 Å². The van der Waals surface area contributed by atoms with E-state index in [2.05, 4.69) is 49.3 Å². The maximum absolute atomic E-state index is 14.1. The van der Waals surface area contributed by atoms with Crippen molar-refractivity contribution in [3.63, 3.8) is 0 Å². The molecule has 0 spiro atoms. The molecule has 8 heteroatoms. The van der Waals surface area contributed by atoms with Crippen LogP contribution in [0.25, 0.3) is 0 Å².